The van der Waals surface area contributed by atoms with Gasteiger partial charge in [-0.2, -0.15) is 0 Å². The van der Waals surface area contributed by atoms with Gasteiger partial charge in [0.1, 0.15) is 0 Å². The molecule has 0 saturated carbocycles. The van der Waals surface area contributed by atoms with E-state index >= 15 is 0 Å². The number of hydrogen-bond donors (Lipinski definition) is 2. The van der Waals surface area contributed by atoms with E-state index in [-0.39, 0.29) is 23.8 Å². The van der Waals surface area contributed by atoms with E-state index in [2.05, 4.69) is 28.2 Å². The molecule has 4 rings (SSSR count). The largest absolute Gasteiger partial charge is 0.466 e. The molecule has 3 heterocycles. The number of hydrogen-bond acceptors (Lipinski definition) is 5. The normalized spacial score (nSPS) is 16.1. The van der Waals surface area contributed by atoms with Gasteiger partial charge in [0, 0.05) is 41.0 Å². The number of aryl methyl sites for hydroxylation is 1. The predicted octanol–water partition coefficient (Wildman–Crippen LogP) is 4.19. The van der Waals surface area contributed by atoms with E-state index in [1.807, 2.05) is 43.5 Å². The van der Waals surface area contributed by atoms with Crippen LogP contribution >= 0.6 is 0 Å². The lowest BCUT2D eigenvalue weighted by molar-refractivity contribution is -0.149. The second kappa shape index (κ2) is 9.53. The van der Waals surface area contributed by atoms with Gasteiger partial charge in [0.25, 0.3) is 0 Å². The first-order valence-electron chi connectivity index (χ1n) is 11.2. The fraction of sp³-hybridized carbons (Fsp3) is 0.400. The van der Waals surface area contributed by atoms with Crippen molar-refractivity contribution in [3.8, 4) is 0 Å². The molecule has 3 aromatic rings. The van der Waals surface area contributed by atoms with Gasteiger partial charge in [-0.05, 0) is 70.1 Å². The van der Waals surface area contributed by atoms with Gasteiger partial charge in [0.15, 0.2) is 0 Å². The number of carbonyl (C=O) groups excluding carboxylic acids is 2. The third kappa shape index (κ3) is 4.53. The van der Waals surface area contributed by atoms with Crippen molar-refractivity contribution in [3.05, 3.63) is 59.5 Å². The van der Waals surface area contributed by atoms with Gasteiger partial charge in [-0.15, -0.1) is 0 Å². The zero-order valence-electron chi connectivity index (χ0n) is 18.9. The smallest absolute Gasteiger partial charge is 0.309 e. The van der Waals surface area contributed by atoms with Crippen LogP contribution in [0, 0.1) is 12.8 Å². The quantitative estimate of drug-likeness (QED) is 0.568. The number of H-pyrrole nitrogens is 1. The van der Waals surface area contributed by atoms with Crippen molar-refractivity contribution in [3.63, 3.8) is 0 Å². The van der Waals surface area contributed by atoms with Crippen LogP contribution in [0.15, 0.2) is 42.6 Å². The van der Waals surface area contributed by atoms with Crippen molar-refractivity contribution in [2.75, 3.05) is 25.0 Å². The summed E-state index contributed by atoms with van der Waals surface area (Å²) in [5, 5.41) is 3.96. The zero-order chi connectivity index (χ0) is 22.7. The molecule has 1 fully saturated rings. The maximum Gasteiger partial charge on any atom is 0.309 e. The van der Waals surface area contributed by atoms with Crippen LogP contribution in [0.5, 0.6) is 0 Å². The number of esters is 1. The van der Waals surface area contributed by atoms with Crippen LogP contribution in [0.4, 0.5) is 5.69 Å². The number of likely N-dealkylation sites (tertiary alicyclic amines) is 1. The predicted molar refractivity (Wildman–Crippen MR) is 124 cm³/mol. The highest BCUT2D eigenvalue weighted by atomic mass is 16.5. The van der Waals surface area contributed by atoms with Gasteiger partial charge in [-0.3, -0.25) is 19.5 Å². The molecule has 0 aliphatic carbocycles. The summed E-state index contributed by atoms with van der Waals surface area (Å²) >= 11 is 0. The summed E-state index contributed by atoms with van der Waals surface area (Å²) in [6, 6.07) is 11.9. The average Bonchev–Trinajstić information content (AvgIpc) is 3.10. The molecule has 1 aromatic carbocycles. The lowest BCUT2D eigenvalue weighted by atomic mass is 9.92. The summed E-state index contributed by atoms with van der Waals surface area (Å²) < 4.78 is 5.25. The van der Waals surface area contributed by atoms with Crippen LogP contribution in [0.2, 0.25) is 0 Å². The van der Waals surface area contributed by atoms with Crippen LogP contribution < -0.4 is 5.32 Å². The maximum absolute atomic E-state index is 12.2. The molecule has 2 aromatic heterocycles. The van der Waals surface area contributed by atoms with Gasteiger partial charge >= 0.3 is 5.97 Å². The van der Waals surface area contributed by atoms with Crippen molar-refractivity contribution in [2.24, 2.45) is 5.92 Å². The summed E-state index contributed by atoms with van der Waals surface area (Å²) in [6.07, 6.45) is 3.35. The highest BCUT2D eigenvalue weighted by Crippen LogP contribution is 2.38. The Kier molecular flexibility index (Phi) is 6.55. The van der Waals surface area contributed by atoms with Crippen molar-refractivity contribution in [2.45, 2.75) is 39.7 Å². The summed E-state index contributed by atoms with van der Waals surface area (Å²) in [5.74, 6) is -0.240. The van der Waals surface area contributed by atoms with Gasteiger partial charge < -0.3 is 15.0 Å². The third-order valence-corrected chi connectivity index (χ3v) is 6.11. The summed E-state index contributed by atoms with van der Waals surface area (Å²) in [7, 11) is 0. The van der Waals surface area contributed by atoms with E-state index in [0.717, 1.165) is 59.5 Å². The molecule has 0 unspecified atom stereocenters. The fourth-order valence-electron chi connectivity index (χ4n) is 4.69. The molecule has 2 N–H and O–H groups in total. The Morgan fingerprint density at radius 1 is 1.25 bits per heavy atom. The number of aromatic nitrogens is 2. The number of benzene rings is 1. The van der Waals surface area contributed by atoms with Crippen LogP contribution in [0.3, 0.4) is 0 Å². The first-order valence-corrected chi connectivity index (χ1v) is 11.2. The number of carbonyl (C=O) groups is 2. The lowest BCUT2D eigenvalue weighted by Crippen LogP contribution is -2.40. The van der Waals surface area contributed by atoms with Crippen LogP contribution in [-0.4, -0.2) is 46.4 Å². The Balaban J connectivity index is 1.72. The highest BCUT2D eigenvalue weighted by molar-refractivity contribution is 5.94. The number of rotatable bonds is 6. The molecule has 1 aliphatic rings. The highest BCUT2D eigenvalue weighted by Gasteiger charge is 2.33. The topological polar surface area (TPSA) is 87.3 Å². The number of piperidine rings is 1. The third-order valence-electron chi connectivity index (χ3n) is 6.11. The minimum atomic E-state index is -0.0968. The van der Waals surface area contributed by atoms with Crippen LogP contribution in [0.25, 0.3) is 10.9 Å². The molecular formula is C25H30N4O3. The van der Waals surface area contributed by atoms with Crippen molar-refractivity contribution < 1.29 is 14.3 Å². The lowest BCUT2D eigenvalue weighted by Gasteiger charge is -2.37. The summed E-state index contributed by atoms with van der Waals surface area (Å²) in [6.45, 7) is 7.41. The Bertz CT molecular complexity index is 1100. The second-order valence-corrected chi connectivity index (χ2v) is 8.32. The van der Waals surface area contributed by atoms with Crippen molar-refractivity contribution in [1.82, 2.24) is 14.9 Å². The molecule has 0 radical (unpaired) electrons. The Morgan fingerprint density at radius 3 is 2.69 bits per heavy atom. The number of ether oxygens (including phenoxy) is 1. The standard InChI is InChI=1S/C25H30N4O3/c1-4-32-25(31)18-10-13-29(14-11-18)24(22-7-5-6-12-26-22)23-16(2)27-21-9-8-19(15-20(21)23)28-17(3)30/h5-9,12,15,18,24,27H,4,10-11,13-14H2,1-3H3,(H,28,30)/t24-/m0/s1. The minimum absolute atomic E-state index is 0.0500. The summed E-state index contributed by atoms with van der Waals surface area (Å²) in [5.41, 5.74) is 4.99. The van der Waals surface area contributed by atoms with E-state index in [9.17, 15) is 9.59 Å². The minimum Gasteiger partial charge on any atom is -0.466 e. The van der Waals surface area contributed by atoms with E-state index in [1.54, 1.807) is 0 Å². The SMILES string of the molecule is CCOC(=O)C1CCN([C@@H](c2ccccn2)c2c(C)[nH]c3ccc(NC(C)=O)cc23)CC1. The fourth-order valence-corrected chi connectivity index (χ4v) is 4.69. The number of aromatic amines is 1. The van der Waals surface area contributed by atoms with Gasteiger partial charge in [-0.1, -0.05) is 6.07 Å². The molecule has 7 nitrogen and oxygen atoms in total. The molecule has 7 heteroatoms. The number of amides is 1. The van der Waals surface area contributed by atoms with Crippen molar-refractivity contribution in [1.29, 1.82) is 0 Å². The van der Waals surface area contributed by atoms with Gasteiger partial charge in [0.2, 0.25) is 5.91 Å². The number of anilines is 1. The maximum atomic E-state index is 12.2. The first-order chi connectivity index (χ1) is 15.5. The monoisotopic (exact) mass is 434 g/mol. The molecule has 1 aliphatic heterocycles. The number of nitrogens with one attached hydrogen (secondary N) is 2. The van der Waals surface area contributed by atoms with E-state index in [0.29, 0.717) is 6.61 Å². The second-order valence-electron chi connectivity index (χ2n) is 8.32. The average molecular weight is 435 g/mol. The van der Waals surface area contributed by atoms with Gasteiger partial charge in [-0.25, -0.2) is 0 Å². The molecule has 1 amide bonds. The number of pyridine rings is 1. The van der Waals surface area contributed by atoms with Crippen LogP contribution in [0.1, 0.15) is 49.7 Å². The van der Waals surface area contributed by atoms with Crippen LogP contribution in [-0.2, 0) is 14.3 Å². The zero-order valence-corrected chi connectivity index (χ0v) is 18.9. The number of nitrogens with zero attached hydrogens (tertiary/aromatic N) is 2. The Morgan fingerprint density at radius 2 is 2.03 bits per heavy atom. The Hall–Kier alpha value is -3.19. The molecular weight excluding hydrogens is 404 g/mol. The van der Waals surface area contributed by atoms with E-state index in [4.69, 9.17) is 9.72 Å². The molecule has 0 bridgehead atoms. The molecule has 32 heavy (non-hydrogen) atoms. The van der Waals surface area contributed by atoms with Crippen molar-refractivity contribution >= 4 is 28.5 Å². The Labute approximate surface area is 188 Å². The molecule has 0 spiro atoms. The number of fused-ring (bicyclic) bond motifs is 1. The molecule has 1 saturated heterocycles. The first kappa shape index (κ1) is 22.0. The summed E-state index contributed by atoms with van der Waals surface area (Å²) in [4.78, 5) is 34.4. The van der Waals surface area contributed by atoms with E-state index < -0.39 is 0 Å². The van der Waals surface area contributed by atoms with E-state index in [1.165, 1.54) is 6.92 Å². The van der Waals surface area contributed by atoms with Gasteiger partial charge in [0.05, 0.1) is 24.3 Å². The molecule has 1 atom stereocenters. The molecule has 168 valence electrons.